The molecule has 1 aromatic carbocycles. The van der Waals surface area contributed by atoms with Crippen molar-refractivity contribution in [2.75, 3.05) is 6.54 Å². The fourth-order valence-corrected chi connectivity index (χ4v) is 1.64. The molecule has 0 saturated carbocycles. The first-order chi connectivity index (χ1) is 8.52. The Bertz CT molecular complexity index is 373. The van der Waals surface area contributed by atoms with Gasteiger partial charge in [0, 0.05) is 6.04 Å². The molecule has 100 valence electrons. The second-order valence-corrected chi connectivity index (χ2v) is 4.89. The van der Waals surface area contributed by atoms with Crippen LogP contribution in [-0.4, -0.2) is 18.5 Å². The molecular weight excluding hydrogens is 224 g/mol. The lowest BCUT2D eigenvalue weighted by Crippen LogP contribution is -2.38. The summed E-state index contributed by atoms with van der Waals surface area (Å²) in [7, 11) is 0. The summed E-state index contributed by atoms with van der Waals surface area (Å²) in [6, 6.07) is 8.68. The normalized spacial score (nSPS) is 14.0. The summed E-state index contributed by atoms with van der Waals surface area (Å²) in [5, 5.41) is 6.18. The number of nitrogens with one attached hydrogen (secondary N) is 2. The van der Waals surface area contributed by atoms with E-state index in [4.69, 9.17) is 0 Å². The Morgan fingerprint density at radius 2 is 1.83 bits per heavy atom. The van der Waals surface area contributed by atoms with Crippen molar-refractivity contribution in [3.63, 3.8) is 0 Å². The molecule has 1 rings (SSSR count). The van der Waals surface area contributed by atoms with Crippen LogP contribution in [0.3, 0.4) is 0 Å². The van der Waals surface area contributed by atoms with Gasteiger partial charge < -0.3 is 10.6 Å². The Labute approximate surface area is 110 Å². The molecule has 3 heteroatoms. The monoisotopic (exact) mass is 248 g/mol. The van der Waals surface area contributed by atoms with Crippen LogP contribution in [-0.2, 0) is 4.79 Å². The summed E-state index contributed by atoms with van der Waals surface area (Å²) in [5.41, 5.74) is 2.37. The average Bonchev–Trinajstić information content (AvgIpc) is 2.36. The van der Waals surface area contributed by atoms with Crippen LogP contribution in [0, 0.1) is 6.92 Å². The largest absolute Gasteiger partial charge is 0.348 e. The predicted octanol–water partition coefficient (Wildman–Crippen LogP) is 2.56. The first kappa shape index (κ1) is 14.7. The molecule has 0 spiro atoms. The minimum absolute atomic E-state index is 0.0448. The summed E-state index contributed by atoms with van der Waals surface area (Å²) in [6.07, 6.45) is 1.03. The van der Waals surface area contributed by atoms with Gasteiger partial charge in [0.15, 0.2) is 0 Å². The number of carbonyl (C=O) groups is 1. The van der Waals surface area contributed by atoms with E-state index in [0.29, 0.717) is 12.6 Å². The van der Waals surface area contributed by atoms with E-state index in [1.807, 2.05) is 6.92 Å². The molecule has 18 heavy (non-hydrogen) atoms. The van der Waals surface area contributed by atoms with E-state index in [1.165, 1.54) is 5.56 Å². The zero-order valence-electron chi connectivity index (χ0n) is 11.8. The Hall–Kier alpha value is -1.35. The zero-order chi connectivity index (χ0) is 13.5. The molecule has 0 aliphatic rings. The highest BCUT2D eigenvalue weighted by Crippen LogP contribution is 2.12. The second-order valence-electron chi connectivity index (χ2n) is 4.89. The van der Waals surface area contributed by atoms with Crippen molar-refractivity contribution < 1.29 is 4.79 Å². The fraction of sp³-hybridized carbons (Fsp3) is 0.533. The van der Waals surface area contributed by atoms with Crippen molar-refractivity contribution in [2.45, 2.75) is 46.2 Å². The topological polar surface area (TPSA) is 41.1 Å². The van der Waals surface area contributed by atoms with E-state index in [0.717, 1.165) is 12.0 Å². The fourth-order valence-electron chi connectivity index (χ4n) is 1.64. The van der Waals surface area contributed by atoms with Crippen molar-refractivity contribution >= 4 is 5.91 Å². The third-order valence-electron chi connectivity index (χ3n) is 3.18. The van der Waals surface area contributed by atoms with Gasteiger partial charge in [0.05, 0.1) is 12.6 Å². The van der Waals surface area contributed by atoms with Crippen molar-refractivity contribution in [1.82, 2.24) is 10.6 Å². The van der Waals surface area contributed by atoms with E-state index in [1.54, 1.807) is 0 Å². The van der Waals surface area contributed by atoms with Gasteiger partial charge in [-0.05, 0) is 32.8 Å². The molecule has 0 aliphatic carbocycles. The Morgan fingerprint density at radius 1 is 1.22 bits per heavy atom. The van der Waals surface area contributed by atoms with Crippen LogP contribution in [0.5, 0.6) is 0 Å². The van der Waals surface area contributed by atoms with Crippen LogP contribution in [0.1, 0.15) is 44.4 Å². The first-order valence-electron chi connectivity index (χ1n) is 6.62. The lowest BCUT2D eigenvalue weighted by molar-refractivity contribution is -0.121. The van der Waals surface area contributed by atoms with Gasteiger partial charge >= 0.3 is 0 Å². The summed E-state index contributed by atoms with van der Waals surface area (Å²) in [6.45, 7) is 8.63. The molecule has 1 unspecified atom stereocenters. The highest BCUT2D eigenvalue weighted by atomic mass is 16.1. The molecule has 0 heterocycles. The summed E-state index contributed by atoms with van der Waals surface area (Å²) < 4.78 is 0. The van der Waals surface area contributed by atoms with Gasteiger partial charge in [-0.3, -0.25) is 4.79 Å². The van der Waals surface area contributed by atoms with Gasteiger partial charge in [-0.25, -0.2) is 0 Å². The standard InChI is InChI=1S/C15H24N2O/c1-5-12(3)16-10-15(18)17-13(4)14-8-6-11(2)7-9-14/h6-9,12-13,16H,5,10H2,1-4H3,(H,17,18)/t12?,13-/m1/s1. The Balaban J connectivity index is 2.42. The van der Waals surface area contributed by atoms with E-state index in [-0.39, 0.29) is 11.9 Å². The zero-order valence-corrected chi connectivity index (χ0v) is 11.8. The SMILES string of the molecule is CCC(C)NCC(=O)N[C@H](C)c1ccc(C)cc1. The van der Waals surface area contributed by atoms with Crippen molar-refractivity contribution in [3.05, 3.63) is 35.4 Å². The maximum absolute atomic E-state index is 11.7. The second kappa shape index (κ2) is 7.17. The van der Waals surface area contributed by atoms with Crippen LogP contribution < -0.4 is 10.6 Å². The van der Waals surface area contributed by atoms with Gasteiger partial charge in [-0.15, -0.1) is 0 Å². The van der Waals surface area contributed by atoms with Crippen LogP contribution in [0.15, 0.2) is 24.3 Å². The molecule has 1 amide bonds. The molecule has 2 atom stereocenters. The molecule has 3 nitrogen and oxygen atoms in total. The quantitative estimate of drug-likeness (QED) is 0.812. The highest BCUT2D eigenvalue weighted by molar-refractivity contribution is 5.78. The highest BCUT2D eigenvalue weighted by Gasteiger charge is 2.09. The summed E-state index contributed by atoms with van der Waals surface area (Å²) >= 11 is 0. The number of hydrogen-bond acceptors (Lipinski definition) is 2. The van der Waals surface area contributed by atoms with Crippen molar-refractivity contribution in [3.8, 4) is 0 Å². The maximum atomic E-state index is 11.7. The lowest BCUT2D eigenvalue weighted by atomic mass is 10.1. The number of rotatable bonds is 6. The van der Waals surface area contributed by atoms with E-state index < -0.39 is 0 Å². The molecule has 0 aromatic heterocycles. The summed E-state index contributed by atoms with van der Waals surface area (Å²) in [5.74, 6) is 0.0448. The summed E-state index contributed by atoms with van der Waals surface area (Å²) in [4.78, 5) is 11.7. The van der Waals surface area contributed by atoms with Crippen molar-refractivity contribution in [1.29, 1.82) is 0 Å². The maximum Gasteiger partial charge on any atom is 0.234 e. The number of amides is 1. The molecule has 2 N–H and O–H groups in total. The number of carbonyl (C=O) groups excluding carboxylic acids is 1. The average molecular weight is 248 g/mol. The van der Waals surface area contributed by atoms with Gasteiger partial charge in [0.1, 0.15) is 0 Å². The number of benzene rings is 1. The van der Waals surface area contributed by atoms with E-state index in [9.17, 15) is 4.79 Å². The predicted molar refractivity (Wildman–Crippen MR) is 75.5 cm³/mol. The molecular formula is C15H24N2O. The van der Waals surface area contributed by atoms with Crippen LogP contribution in [0.4, 0.5) is 0 Å². The third kappa shape index (κ3) is 4.88. The van der Waals surface area contributed by atoms with Gasteiger partial charge in [0.25, 0.3) is 0 Å². The molecule has 0 aliphatic heterocycles. The van der Waals surface area contributed by atoms with E-state index in [2.05, 4.69) is 55.7 Å². The van der Waals surface area contributed by atoms with Crippen LogP contribution >= 0.6 is 0 Å². The Kier molecular flexibility index (Phi) is 5.86. The first-order valence-corrected chi connectivity index (χ1v) is 6.62. The molecule has 0 radical (unpaired) electrons. The van der Waals surface area contributed by atoms with Crippen LogP contribution in [0.2, 0.25) is 0 Å². The molecule has 0 bridgehead atoms. The smallest absolute Gasteiger partial charge is 0.234 e. The van der Waals surface area contributed by atoms with Gasteiger partial charge in [-0.1, -0.05) is 36.8 Å². The molecule has 1 aromatic rings. The van der Waals surface area contributed by atoms with E-state index >= 15 is 0 Å². The molecule has 0 saturated heterocycles. The van der Waals surface area contributed by atoms with Gasteiger partial charge in [-0.2, -0.15) is 0 Å². The number of hydrogen-bond donors (Lipinski definition) is 2. The van der Waals surface area contributed by atoms with Gasteiger partial charge in [0.2, 0.25) is 5.91 Å². The number of aryl methyl sites for hydroxylation is 1. The minimum atomic E-state index is 0.0448. The van der Waals surface area contributed by atoms with Crippen molar-refractivity contribution in [2.24, 2.45) is 0 Å². The molecule has 0 fully saturated rings. The Morgan fingerprint density at radius 3 is 2.39 bits per heavy atom. The lowest BCUT2D eigenvalue weighted by Gasteiger charge is -2.16. The third-order valence-corrected chi connectivity index (χ3v) is 3.18. The minimum Gasteiger partial charge on any atom is -0.348 e. The van der Waals surface area contributed by atoms with Crippen LogP contribution in [0.25, 0.3) is 0 Å².